The summed E-state index contributed by atoms with van der Waals surface area (Å²) in [5.41, 5.74) is 0. The molecule has 2 aliphatic carbocycles. The highest BCUT2D eigenvalue weighted by Crippen LogP contribution is 2.39. The van der Waals surface area contributed by atoms with Crippen LogP contribution in [0.4, 0.5) is 0 Å². The highest BCUT2D eigenvalue weighted by atomic mass is 32.2. The molecule has 1 N–H and O–H groups in total. The summed E-state index contributed by atoms with van der Waals surface area (Å²) < 4.78 is 31.4. The third-order valence-corrected chi connectivity index (χ3v) is 4.15. The van der Waals surface area contributed by atoms with Gasteiger partial charge in [-0.05, 0) is 24.3 Å². The summed E-state index contributed by atoms with van der Waals surface area (Å²) in [5.74, 6) is 0.423. The Kier molecular flexibility index (Phi) is 2.56. The first-order valence-corrected chi connectivity index (χ1v) is 6.46. The van der Waals surface area contributed by atoms with Gasteiger partial charge in [-0.15, -0.1) is 0 Å². The van der Waals surface area contributed by atoms with Crippen molar-refractivity contribution in [3.63, 3.8) is 0 Å². The summed E-state index contributed by atoms with van der Waals surface area (Å²) in [5, 5.41) is 0. The molecule has 0 aromatic rings. The van der Waals surface area contributed by atoms with E-state index in [0.29, 0.717) is 5.92 Å². The Morgan fingerprint density at radius 3 is 2.80 bits per heavy atom. The zero-order valence-electron chi connectivity index (χ0n) is 8.50. The van der Waals surface area contributed by atoms with Gasteiger partial charge in [-0.1, -0.05) is 31.2 Å². The summed E-state index contributed by atoms with van der Waals surface area (Å²) >= 11 is 0. The monoisotopic (exact) mass is 226 g/mol. The van der Waals surface area contributed by atoms with Gasteiger partial charge in [0.25, 0.3) is 10.1 Å². The number of rotatable bonds is 1. The van der Waals surface area contributed by atoms with Crippen molar-refractivity contribution in [3.8, 4) is 0 Å². The summed E-state index contributed by atoms with van der Waals surface area (Å²) in [4.78, 5) is 0.123. The first kappa shape index (κ1) is 10.6. The van der Waals surface area contributed by atoms with Gasteiger partial charge in [0, 0.05) is 5.92 Å². The van der Waals surface area contributed by atoms with Crippen molar-refractivity contribution in [2.24, 2.45) is 17.8 Å². The van der Waals surface area contributed by atoms with E-state index in [2.05, 4.69) is 6.92 Å². The molecule has 4 heteroatoms. The Bertz CT molecular complexity index is 442. The van der Waals surface area contributed by atoms with Gasteiger partial charge in [0.1, 0.15) is 0 Å². The van der Waals surface area contributed by atoms with Gasteiger partial charge in [0.05, 0.1) is 4.91 Å². The van der Waals surface area contributed by atoms with E-state index in [9.17, 15) is 8.42 Å². The Morgan fingerprint density at radius 2 is 2.13 bits per heavy atom. The van der Waals surface area contributed by atoms with Gasteiger partial charge in [-0.2, -0.15) is 8.42 Å². The lowest BCUT2D eigenvalue weighted by atomic mass is 9.75. The van der Waals surface area contributed by atoms with Crippen LogP contribution in [0.2, 0.25) is 0 Å². The first-order chi connectivity index (χ1) is 7.00. The number of fused-ring (bicyclic) bond motifs is 1. The van der Waals surface area contributed by atoms with Crippen LogP contribution in [0.1, 0.15) is 13.3 Å². The molecule has 0 aromatic heterocycles. The quantitative estimate of drug-likeness (QED) is 0.550. The highest BCUT2D eigenvalue weighted by molar-refractivity contribution is 7.89. The third-order valence-electron chi connectivity index (χ3n) is 3.14. The lowest BCUT2D eigenvalue weighted by molar-refractivity contribution is 0.354. The van der Waals surface area contributed by atoms with E-state index in [-0.39, 0.29) is 16.7 Å². The van der Waals surface area contributed by atoms with E-state index in [1.54, 1.807) is 6.08 Å². The molecule has 0 bridgehead atoms. The average molecular weight is 226 g/mol. The minimum Gasteiger partial charge on any atom is -0.282 e. The van der Waals surface area contributed by atoms with Crippen molar-refractivity contribution in [1.29, 1.82) is 0 Å². The molecule has 2 rings (SSSR count). The van der Waals surface area contributed by atoms with Crippen LogP contribution in [0.25, 0.3) is 0 Å². The molecule has 3 nitrogen and oxygen atoms in total. The second-order valence-corrected chi connectivity index (χ2v) is 5.59. The van der Waals surface area contributed by atoms with Gasteiger partial charge in [-0.3, -0.25) is 4.55 Å². The Morgan fingerprint density at radius 1 is 1.40 bits per heavy atom. The van der Waals surface area contributed by atoms with Crippen LogP contribution in [0, 0.1) is 17.8 Å². The van der Waals surface area contributed by atoms with Crippen LogP contribution < -0.4 is 0 Å². The van der Waals surface area contributed by atoms with Crippen molar-refractivity contribution < 1.29 is 13.0 Å². The van der Waals surface area contributed by atoms with E-state index >= 15 is 0 Å². The molecule has 0 aliphatic heterocycles. The van der Waals surface area contributed by atoms with Crippen molar-refractivity contribution in [1.82, 2.24) is 0 Å². The van der Waals surface area contributed by atoms with E-state index in [1.807, 2.05) is 18.2 Å². The Labute approximate surface area is 89.9 Å². The van der Waals surface area contributed by atoms with Gasteiger partial charge in [0.15, 0.2) is 0 Å². The van der Waals surface area contributed by atoms with Gasteiger partial charge in [0.2, 0.25) is 0 Å². The number of allylic oxidation sites excluding steroid dienone is 6. The van der Waals surface area contributed by atoms with E-state index in [4.69, 9.17) is 4.55 Å². The zero-order valence-corrected chi connectivity index (χ0v) is 9.31. The first-order valence-electron chi connectivity index (χ1n) is 5.02. The molecule has 0 saturated heterocycles. The number of hydrogen-bond acceptors (Lipinski definition) is 2. The lowest BCUT2D eigenvalue weighted by Crippen LogP contribution is -2.27. The molecule has 15 heavy (non-hydrogen) atoms. The van der Waals surface area contributed by atoms with E-state index in [0.717, 1.165) is 6.42 Å². The zero-order chi connectivity index (χ0) is 11.1. The minimum absolute atomic E-state index is 0.123. The normalized spacial score (nSPS) is 34.8. The second-order valence-electron chi connectivity index (χ2n) is 4.17. The van der Waals surface area contributed by atoms with Crippen LogP contribution in [0.15, 0.2) is 35.3 Å². The molecule has 82 valence electrons. The number of hydrogen-bond donors (Lipinski definition) is 1. The average Bonchev–Trinajstić information content (AvgIpc) is 2.16. The molecule has 2 aliphatic rings. The van der Waals surface area contributed by atoms with Crippen molar-refractivity contribution in [3.05, 3.63) is 35.3 Å². The van der Waals surface area contributed by atoms with Crippen LogP contribution in [0.3, 0.4) is 0 Å². The molecule has 0 saturated carbocycles. The second kappa shape index (κ2) is 3.61. The van der Waals surface area contributed by atoms with Gasteiger partial charge in [-0.25, -0.2) is 0 Å². The molecule has 0 aromatic carbocycles. The fraction of sp³-hybridized carbons (Fsp3) is 0.455. The standard InChI is InChI=1S/C11H14O3S/c1-8-4-2-6-10-9(8)5-3-7-11(10)15(12,13)14/h2-3,5-10H,4H2,1H3,(H,12,13,14). The summed E-state index contributed by atoms with van der Waals surface area (Å²) in [7, 11) is -4.06. The van der Waals surface area contributed by atoms with Crippen molar-refractivity contribution in [2.75, 3.05) is 0 Å². The van der Waals surface area contributed by atoms with Crippen molar-refractivity contribution >= 4 is 10.1 Å². The molecule has 3 atom stereocenters. The minimum atomic E-state index is -4.06. The molecule has 0 fully saturated rings. The maximum Gasteiger partial charge on any atom is 0.291 e. The fourth-order valence-electron chi connectivity index (χ4n) is 2.32. The largest absolute Gasteiger partial charge is 0.291 e. The smallest absolute Gasteiger partial charge is 0.282 e. The molecular weight excluding hydrogens is 212 g/mol. The van der Waals surface area contributed by atoms with Crippen LogP contribution >= 0.6 is 0 Å². The maximum atomic E-state index is 11.2. The highest BCUT2D eigenvalue weighted by Gasteiger charge is 2.34. The Hall–Kier alpha value is -0.870. The Balaban J connectivity index is 2.43. The van der Waals surface area contributed by atoms with Gasteiger partial charge < -0.3 is 0 Å². The molecule has 3 unspecified atom stereocenters. The molecule has 0 amide bonds. The lowest BCUT2D eigenvalue weighted by Gasteiger charge is -2.33. The molecule has 0 radical (unpaired) electrons. The SMILES string of the molecule is CC1CC=CC2C(S(=O)(=O)O)=CC=CC12. The predicted molar refractivity (Wildman–Crippen MR) is 58.7 cm³/mol. The molecule has 0 spiro atoms. The maximum absolute atomic E-state index is 11.2. The third kappa shape index (κ3) is 1.92. The fourth-order valence-corrected chi connectivity index (χ4v) is 3.15. The van der Waals surface area contributed by atoms with Crippen molar-refractivity contribution in [2.45, 2.75) is 13.3 Å². The van der Waals surface area contributed by atoms with Gasteiger partial charge >= 0.3 is 0 Å². The van der Waals surface area contributed by atoms with Crippen LogP contribution in [-0.2, 0) is 10.1 Å². The summed E-state index contributed by atoms with van der Waals surface area (Å²) in [6.07, 6.45) is 10.1. The summed E-state index contributed by atoms with van der Waals surface area (Å²) in [6.45, 7) is 2.10. The van der Waals surface area contributed by atoms with E-state index in [1.165, 1.54) is 6.08 Å². The predicted octanol–water partition coefficient (Wildman–Crippen LogP) is 2.16. The van der Waals surface area contributed by atoms with Crippen LogP contribution in [-0.4, -0.2) is 13.0 Å². The summed E-state index contributed by atoms with van der Waals surface area (Å²) in [6, 6.07) is 0. The topological polar surface area (TPSA) is 54.4 Å². The van der Waals surface area contributed by atoms with E-state index < -0.39 is 10.1 Å². The molecule has 0 heterocycles. The van der Waals surface area contributed by atoms with Crippen LogP contribution in [0.5, 0.6) is 0 Å². The molecular formula is C11H14O3S.